The van der Waals surface area contributed by atoms with Crippen LogP contribution in [0.5, 0.6) is 0 Å². The third-order valence-electron chi connectivity index (χ3n) is 5.08. The highest BCUT2D eigenvalue weighted by Crippen LogP contribution is 2.38. The average Bonchev–Trinajstić information content (AvgIpc) is 3.20. The minimum Gasteiger partial charge on any atom is -0.336 e. The zero-order valence-electron chi connectivity index (χ0n) is 16.7. The Morgan fingerprint density at radius 1 is 0.929 bits per heavy atom. The van der Waals surface area contributed by atoms with Crippen LogP contribution < -0.4 is 0 Å². The topological polar surface area (TPSA) is 17.8 Å². The van der Waals surface area contributed by atoms with Gasteiger partial charge in [0.05, 0.1) is 11.6 Å². The summed E-state index contributed by atoms with van der Waals surface area (Å²) in [7, 11) is 0. The Kier molecular flexibility index (Phi) is 5.27. The Balaban J connectivity index is 1.64. The van der Waals surface area contributed by atoms with Crippen LogP contribution in [-0.2, 0) is 12.0 Å². The predicted molar refractivity (Wildman–Crippen MR) is 120 cm³/mol. The summed E-state index contributed by atoms with van der Waals surface area (Å²) >= 11 is 1.92. The van der Waals surface area contributed by atoms with Gasteiger partial charge in [-0.3, -0.25) is 0 Å². The van der Waals surface area contributed by atoms with Crippen LogP contribution in [-0.4, -0.2) is 9.55 Å². The van der Waals surface area contributed by atoms with Gasteiger partial charge in [0.15, 0.2) is 0 Å². The van der Waals surface area contributed by atoms with E-state index in [-0.39, 0.29) is 5.41 Å². The highest BCUT2D eigenvalue weighted by molar-refractivity contribution is 7.99. The number of nitrogens with zero attached hydrogens (tertiary/aromatic N) is 2. The van der Waals surface area contributed by atoms with Gasteiger partial charge in [0.1, 0.15) is 0 Å². The molecule has 1 aromatic heterocycles. The molecule has 0 aliphatic rings. The molecular formula is C25H26N2S. The fourth-order valence-electron chi connectivity index (χ4n) is 3.40. The summed E-state index contributed by atoms with van der Waals surface area (Å²) in [6, 6.07) is 24.4. The van der Waals surface area contributed by atoms with E-state index in [1.54, 1.807) is 0 Å². The van der Waals surface area contributed by atoms with Crippen LogP contribution in [0.25, 0.3) is 10.8 Å². The van der Waals surface area contributed by atoms with Crippen molar-refractivity contribution in [3.63, 3.8) is 0 Å². The SMILES string of the molecule is CC(C)(C)c1ccc(SC(Cn2ccnc2)c2ccc3ccccc3c2)cc1. The first-order chi connectivity index (χ1) is 13.5. The predicted octanol–water partition coefficient (Wildman–Crippen LogP) is 6.87. The maximum absolute atomic E-state index is 4.22. The highest BCUT2D eigenvalue weighted by Gasteiger charge is 2.17. The molecule has 1 unspecified atom stereocenters. The van der Waals surface area contributed by atoms with Gasteiger partial charge in [-0.25, -0.2) is 4.98 Å². The minimum atomic E-state index is 0.178. The van der Waals surface area contributed by atoms with Crippen LogP contribution in [0.3, 0.4) is 0 Å². The molecule has 3 heteroatoms. The van der Waals surface area contributed by atoms with E-state index in [4.69, 9.17) is 0 Å². The van der Waals surface area contributed by atoms with Crippen molar-refractivity contribution in [1.82, 2.24) is 9.55 Å². The lowest BCUT2D eigenvalue weighted by Crippen LogP contribution is -2.10. The molecule has 0 fully saturated rings. The van der Waals surface area contributed by atoms with Crippen molar-refractivity contribution in [2.75, 3.05) is 0 Å². The Morgan fingerprint density at radius 3 is 2.36 bits per heavy atom. The molecule has 28 heavy (non-hydrogen) atoms. The lowest BCUT2D eigenvalue weighted by molar-refractivity contribution is 0.589. The molecule has 4 rings (SSSR count). The van der Waals surface area contributed by atoms with Crippen LogP contribution >= 0.6 is 11.8 Å². The molecule has 0 amide bonds. The second-order valence-corrected chi connectivity index (χ2v) is 9.52. The molecule has 0 aliphatic carbocycles. The van der Waals surface area contributed by atoms with Crippen molar-refractivity contribution in [3.05, 3.63) is 96.6 Å². The molecule has 3 aromatic carbocycles. The standard InChI is InChI=1S/C25H26N2S/c1-25(2,3)22-10-12-23(13-11-22)28-24(17-27-15-14-26-18-27)21-9-8-19-6-4-5-7-20(19)16-21/h4-16,18,24H,17H2,1-3H3. The molecule has 0 saturated heterocycles. The van der Waals surface area contributed by atoms with Crippen molar-refractivity contribution < 1.29 is 0 Å². The third-order valence-corrected chi connectivity index (χ3v) is 6.33. The van der Waals surface area contributed by atoms with Crippen LogP contribution in [0.2, 0.25) is 0 Å². The number of fused-ring (bicyclic) bond motifs is 1. The van der Waals surface area contributed by atoms with E-state index >= 15 is 0 Å². The summed E-state index contributed by atoms with van der Waals surface area (Å²) in [5.74, 6) is 0. The fraction of sp³-hybridized carbons (Fsp3) is 0.240. The molecule has 0 aliphatic heterocycles. The van der Waals surface area contributed by atoms with Crippen molar-refractivity contribution in [2.24, 2.45) is 0 Å². The third kappa shape index (κ3) is 4.31. The van der Waals surface area contributed by atoms with Gasteiger partial charge < -0.3 is 4.57 Å². The molecule has 0 spiro atoms. The van der Waals surface area contributed by atoms with Crippen molar-refractivity contribution in [3.8, 4) is 0 Å². The van der Waals surface area contributed by atoms with Crippen molar-refractivity contribution >= 4 is 22.5 Å². The summed E-state index contributed by atoms with van der Waals surface area (Å²) in [6.07, 6.45) is 5.79. The van der Waals surface area contributed by atoms with E-state index in [1.165, 1.54) is 26.8 Å². The minimum absolute atomic E-state index is 0.178. The number of imidazole rings is 1. The highest BCUT2D eigenvalue weighted by atomic mass is 32.2. The average molecular weight is 387 g/mol. The van der Waals surface area contributed by atoms with Gasteiger partial charge in [-0.1, -0.05) is 69.3 Å². The maximum Gasteiger partial charge on any atom is 0.0946 e. The van der Waals surface area contributed by atoms with Crippen molar-refractivity contribution in [2.45, 2.75) is 42.9 Å². The molecule has 142 valence electrons. The van der Waals surface area contributed by atoms with Crippen LogP contribution in [0.4, 0.5) is 0 Å². The van der Waals surface area contributed by atoms with E-state index in [1.807, 2.05) is 30.5 Å². The fourth-order valence-corrected chi connectivity index (χ4v) is 4.55. The number of benzene rings is 3. The molecule has 1 heterocycles. The van der Waals surface area contributed by atoms with E-state index in [0.717, 1.165) is 6.54 Å². The molecule has 0 saturated carbocycles. The summed E-state index contributed by atoms with van der Waals surface area (Å²) in [4.78, 5) is 5.52. The molecular weight excluding hydrogens is 360 g/mol. The van der Waals surface area contributed by atoms with Gasteiger partial charge in [0.25, 0.3) is 0 Å². The first kappa shape index (κ1) is 18.8. The Labute approximate surface area is 171 Å². The normalized spacial score (nSPS) is 13.0. The molecule has 1 atom stereocenters. The second-order valence-electron chi connectivity index (χ2n) is 8.25. The lowest BCUT2D eigenvalue weighted by atomic mass is 9.87. The van der Waals surface area contributed by atoms with E-state index in [2.05, 4.69) is 97.1 Å². The van der Waals surface area contributed by atoms with E-state index in [0.29, 0.717) is 5.25 Å². The van der Waals surface area contributed by atoms with Crippen LogP contribution in [0, 0.1) is 0 Å². The van der Waals surface area contributed by atoms with Gasteiger partial charge in [0.2, 0.25) is 0 Å². The summed E-state index contributed by atoms with van der Waals surface area (Å²) < 4.78 is 2.16. The molecule has 4 aromatic rings. The number of hydrogen-bond acceptors (Lipinski definition) is 2. The first-order valence-corrected chi connectivity index (χ1v) is 10.6. The Morgan fingerprint density at radius 2 is 1.68 bits per heavy atom. The van der Waals surface area contributed by atoms with Gasteiger partial charge in [0, 0.05) is 23.8 Å². The van der Waals surface area contributed by atoms with Gasteiger partial charge in [-0.15, -0.1) is 11.8 Å². The first-order valence-electron chi connectivity index (χ1n) is 9.71. The van der Waals surface area contributed by atoms with E-state index < -0.39 is 0 Å². The van der Waals surface area contributed by atoms with E-state index in [9.17, 15) is 0 Å². The van der Waals surface area contributed by atoms with Crippen molar-refractivity contribution in [1.29, 1.82) is 0 Å². The molecule has 0 bridgehead atoms. The lowest BCUT2D eigenvalue weighted by Gasteiger charge is -2.21. The van der Waals surface area contributed by atoms with Crippen LogP contribution in [0.1, 0.15) is 37.1 Å². The zero-order valence-corrected chi connectivity index (χ0v) is 17.5. The van der Waals surface area contributed by atoms with Crippen LogP contribution in [0.15, 0.2) is 90.3 Å². The van der Waals surface area contributed by atoms with Gasteiger partial charge in [-0.05, 0) is 45.5 Å². The number of rotatable bonds is 5. The summed E-state index contributed by atoms with van der Waals surface area (Å²) in [5.41, 5.74) is 2.89. The number of hydrogen-bond donors (Lipinski definition) is 0. The quantitative estimate of drug-likeness (QED) is 0.348. The monoisotopic (exact) mass is 386 g/mol. The van der Waals surface area contributed by atoms with Gasteiger partial charge in [-0.2, -0.15) is 0 Å². The maximum atomic E-state index is 4.22. The Hall–Kier alpha value is -2.52. The summed E-state index contributed by atoms with van der Waals surface area (Å²) in [6.45, 7) is 7.66. The smallest absolute Gasteiger partial charge is 0.0946 e. The second kappa shape index (κ2) is 7.84. The molecule has 0 N–H and O–H groups in total. The number of thioether (sulfide) groups is 1. The summed E-state index contributed by atoms with van der Waals surface area (Å²) in [5, 5.41) is 2.89. The largest absolute Gasteiger partial charge is 0.336 e. The Bertz CT molecular complexity index is 1040. The van der Waals surface area contributed by atoms with Gasteiger partial charge >= 0.3 is 0 Å². The molecule has 0 radical (unpaired) electrons. The zero-order chi connectivity index (χ0) is 19.6. The molecule has 2 nitrogen and oxygen atoms in total. The number of aromatic nitrogens is 2.